The number of hydrogen-bond acceptors (Lipinski definition) is 6. The standard InChI is InChI=1S/C17H23BrN6O2/c1-12-9-22(16(25)26-17(2,3)4)5-6-23(12)15-14(7-13(18)8-20-15)24-11-19-10-21-24/h7-8,10-12H,5-6,9H2,1-4H3/t12-/m0/s1. The molecule has 2 aromatic rings. The monoisotopic (exact) mass is 422 g/mol. The number of rotatable bonds is 2. The summed E-state index contributed by atoms with van der Waals surface area (Å²) in [6, 6.07) is 2.05. The molecule has 3 heterocycles. The lowest BCUT2D eigenvalue weighted by molar-refractivity contribution is 0.0218. The van der Waals surface area contributed by atoms with Crippen LogP contribution in [0.3, 0.4) is 0 Å². The molecule has 0 unspecified atom stereocenters. The van der Waals surface area contributed by atoms with E-state index >= 15 is 0 Å². The summed E-state index contributed by atoms with van der Waals surface area (Å²) in [6.45, 7) is 9.52. The predicted molar refractivity (Wildman–Crippen MR) is 101 cm³/mol. The molecule has 0 radical (unpaired) electrons. The van der Waals surface area contributed by atoms with Crippen molar-refractivity contribution in [1.82, 2.24) is 24.6 Å². The van der Waals surface area contributed by atoms with Crippen molar-refractivity contribution in [3.63, 3.8) is 0 Å². The molecule has 1 saturated heterocycles. The number of amides is 1. The molecule has 9 heteroatoms. The van der Waals surface area contributed by atoms with Crippen LogP contribution in [-0.2, 0) is 4.74 Å². The first-order chi connectivity index (χ1) is 12.2. The third kappa shape index (κ3) is 4.14. The van der Waals surface area contributed by atoms with Gasteiger partial charge in [-0.2, -0.15) is 5.10 Å². The van der Waals surface area contributed by atoms with Crippen molar-refractivity contribution < 1.29 is 9.53 Å². The van der Waals surface area contributed by atoms with E-state index in [1.165, 1.54) is 6.33 Å². The highest BCUT2D eigenvalue weighted by Crippen LogP contribution is 2.28. The molecule has 1 aliphatic rings. The molecular weight excluding hydrogens is 400 g/mol. The average Bonchev–Trinajstić information content (AvgIpc) is 3.08. The first kappa shape index (κ1) is 18.6. The van der Waals surface area contributed by atoms with Crippen molar-refractivity contribution in [2.24, 2.45) is 0 Å². The van der Waals surface area contributed by atoms with Crippen LogP contribution in [0.5, 0.6) is 0 Å². The van der Waals surface area contributed by atoms with Crippen LogP contribution in [0.4, 0.5) is 10.6 Å². The van der Waals surface area contributed by atoms with E-state index < -0.39 is 5.60 Å². The van der Waals surface area contributed by atoms with Crippen molar-refractivity contribution in [3.05, 3.63) is 29.4 Å². The topological polar surface area (TPSA) is 76.4 Å². The Morgan fingerprint density at radius 1 is 1.35 bits per heavy atom. The van der Waals surface area contributed by atoms with E-state index in [4.69, 9.17) is 4.74 Å². The lowest BCUT2D eigenvalue weighted by Crippen LogP contribution is -2.55. The molecule has 1 atom stereocenters. The fraction of sp³-hybridized carbons (Fsp3) is 0.529. The number of anilines is 1. The van der Waals surface area contributed by atoms with Crippen LogP contribution < -0.4 is 4.90 Å². The van der Waals surface area contributed by atoms with Gasteiger partial charge in [0.15, 0.2) is 5.82 Å². The second-order valence-electron chi connectivity index (χ2n) is 7.31. The number of aromatic nitrogens is 4. The Kier molecular flexibility index (Phi) is 5.17. The van der Waals surface area contributed by atoms with Crippen molar-refractivity contribution in [2.75, 3.05) is 24.5 Å². The Bertz CT molecular complexity index is 774. The van der Waals surface area contributed by atoms with Gasteiger partial charge >= 0.3 is 6.09 Å². The molecule has 0 aromatic carbocycles. The summed E-state index contributed by atoms with van der Waals surface area (Å²) in [5.74, 6) is 0.815. The number of carbonyl (C=O) groups is 1. The minimum absolute atomic E-state index is 0.0900. The van der Waals surface area contributed by atoms with E-state index in [0.717, 1.165) is 16.0 Å². The van der Waals surface area contributed by atoms with E-state index in [9.17, 15) is 4.79 Å². The fourth-order valence-electron chi connectivity index (χ4n) is 2.91. The minimum Gasteiger partial charge on any atom is -0.444 e. The zero-order valence-corrected chi connectivity index (χ0v) is 17.0. The summed E-state index contributed by atoms with van der Waals surface area (Å²) in [5.41, 5.74) is 0.347. The molecule has 1 amide bonds. The molecule has 0 N–H and O–H groups in total. The molecule has 3 rings (SSSR count). The van der Waals surface area contributed by atoms with Gasteiger partial charge in [-0.3, -0.25) is 0 Å². The second kappa shape index (κ2) is 7.22. The molecule has 8 nitrogen and oxygen atoms in total. The van der Waals surface area contributed by atoms with Crippen LogP contribution in [0.1, 0.15) is 27.7 Å². The molecule has 1 aliphatic heterocycles. The van der Waals surface area contributed by atoms with Gasteiger partial charge in [-0.1, -0.05) is 0 Å². The molecule has 0 saturated carbocycles. The van der Waals surface area contributed by atoms with Crippen LogP contribution in [-0.4, -0.2) is 62.0 Å². The average molecular weight is 423 g/mol. The summed E-state index contributed by atoms with van der Waals surface area (Å²) in [7, 11) is 0. The lowest BCUT2D eigenvalue weighted by atomic mass is 10.1. The smallest absolute Gasteiger partial charge is 0.410 e. The number of halogens is 1. The summed E-state index contributed by atoms with van der Waals surface area (Å²) in [6.07, 6.45) is 4.63. The van der Waals surface area contributed by atoms with Gasteiger partial charge in [-0.05, 0) is 49.7 Å². The number of carbonyl (C=O) groups excluding carboxylic acids is 1. The van der Waals surface area contributed by atoms with Gasteiger partial charge in [-0.25, -0.2) is 19.4 Å². The van der Waals surface area contributed by atoms with Crippen molar-refractivity contribution >= 4 is 27.8 Å². The van der Waals surface area contributed by atoms with Gasteiger partial charge in [0.2, 0.25) is 0 Å². The molecule has 140 valence electrons. The maximum atomic E-state index is 12.3. The Labute approximate surface area is 161 Å². The molecular formula is C17H23BrN6O2. The normalized spacial score (nSPS) is 18.1. The first-order valence-corrected chi connectivity index (χ1v) is 9.29. The molecule has 0 spiro atoms. The quantitative estimate of drug-likeness (QED) is 0.740. The highest BCUT2D eigenvalue weighted by atomic mass is 79.9. The summed E-state index contributed by atoms with van der Waals surface area (Å²) in [5, 5.41) is 4.23. The van der Waals surface area contributed by atoms with Gasteiger partial charge in [0, 0.05) is 36.3 Å². The number of ether oxygens (including phenoxy) is 1. The first-order valence-electron chi connectivity index (χ1n) is 8.50. The van der Waals surface area contributed by atoms with Crippen LogP contribution >= 0.6 is 15.9 Å². The Morgan fingerprint density at radius 3 is 2.73 bits per heavy atom. The summed E-state index contributed by atoms with van der Waals surface area (Å²) in [4.78, 5) is 24.9. The Hall–Kier alpha value is -2.16. The summed E-state index contributed by atoms with van der Waals surface area (Å²) >= 11 is 3.47. The van der Waals surface area contributed by atoms with E-state index in [-0.39, 0.29) is 12.1 Å². The number of hydrogen-bond donors (Lipinski definition) is 0. The van der Waals surface area contributed by atoms with E-state index in [0.29, 0.717) is 19.6 Å². The van der Waals surface area contributed by atoms with Crippen LogP contribution in [0.2, 0.25) is 0 Å². The lowest BCUT2D eigenvalue weighted by Gasteiger charge is -2.41. The molecule has 0 aliphatic carbocycles. The molecule has 2 aromatic heterocycles. The zero-order chi connectivity index (χ0) is 18.9. The molecule has 1 fully saturated rings. The van der Waals surface area contributed by atoms with Gasteiger partial charge < -0.3 is 14.5 Å². The molecule has 0 bridgehead atoms. The predicted octanol–water partition coefficient (Wildman–Crippen LogP) is 2.87. The number of pyridine rings is 1. The van der Waals surface area contributed by atoms with Crippen molar-refractivity contribution in [1.29, 1.82) is 0 Å². The fourth-order valence-corrected chi connectivity index (χ4v) is 3.23. The van der Waals surface area contributed by atoms with E-state index in [1.807, 2.05) is 26.8 Å². The largest absolute Gasteiger partial charge is 0.444 e. The third-order valence-corrected chi connectivity index (χ3v) is 4.46. The summed E-state index contributed by atoms with van der Waals surface area (Å²) < 4.78 is 8.05. The van der Waals surface area contributed by atoms with Crippen LogP contribution in [0.25, 0.3) is 5.69 Å². The van der Waals surface area contributed by atoms with E-state index in [1.54, 1.807) is 22.1 Å². The van der Waals surface area contributed by atoms with Crippen LogP contribution in [0.15, 0.2) is 29.4 Å². The maximum Gasteiger partial charge on any atom is 0.410 e. The van der Waals surface area contributed by atoms with Gasteiger partial charge in [0.1, 0.15) is 23.9 Å². The van der Waals surface area contributed by atoms with Gasteiger partial charge in [-0.15, -0.1) is 0 Å². The molecule has 26 heavy (non-hydrogen) atoms. The Balaban J connectivity index is 1.80. The van der Waals surface area contributed by atoms with E-state index in [2.05, 4.69) is 42.8 Å². The minimum atomic E-state index is -0.495. The zero-order valence-electron chi connectivity index (χ0n) is 15.4. The second-order valence-corrected chi connectivity index (χ2v) is 8.22. The Morgan fingerprint density at radius 2 is 2.12 bits per heavy atom. The van der Waals surface area contributed by atoms with Crippen LogP contribution in [0, 0.1) is 0 Å². The maximum absolute atomic E-state index is 12.3. The van der Waals surface area contributed by atoms with Crippen molar-refractivity contribution in [3.8, 4) is 5.69 Å². The van der Waals surface area contributed by atoms with Crippen molar-refractivity contribution in [2.45, 2.75) is 39.3 Å². The SMILES string of the molecule is C[C@H]1CN(C(=O)OC(C)(C)C)CCN1c1ncc(Br)cc1-n1cncn1. The highest BCUT2D eigenvalue weighted by Gasteiger charge is 2.31. The highest BCUT2D eigenvalue weighted by molar-refractivity contribution is 9.10. The number of nitrogens with zero attached hydrogens (tertiary/aromatic N) is 6. The van der Waals surface area contributed by atoms with Gasteiger partial charge in [0.25, 0.3) is 0 Å². The number of piperazine rings is 1. The van der Waals surface area contributed by atoms with Gasteiger partial charge in [0.05, 0.1) is 0 Å². The third-order valence-electron chi connectivity index (χ3n) is 4.03.